The fraction of sp³-hybridized carbons (Fsp3) is 0.429. The summed E-state index contributed by atoms with van der Waals surface area (Å²) in [6, 6.07) is 6.96. The van der Waals surface area contributed by atoms with Gasteiger partial charge in [-0.15, -0.1) is 0 Å². The molecule has 2 N–H and O–H groups in total. The highest BCUT2D eigenvalue weighted by molar-refractivity contribution is 9.10. The van der Waals surface area contributed by atoms with Gasteiger partial charge in [-0.1, -0.05) is 18.6 Å². The number of para-hydroxylation sites is 1. The van der Waals surface area contributed by atoms with Crippen LogP contribution in [0.4, 0.5) is 0 Å². The number of ether oxygens (including phenoxy) is 1. The van der Waals surface area contributed by atoms with Gasteiger partial charge >= 0.3 is 5.97 Å². The molecular formula is C14H16BrNO4. The Kier molecular flexibility index (Phi) is 5.00. The molecule has 1 aromatic carbocycles. The van der Waals surface area contributed by atoms with Gasteiger partial charge < -0.3 is 15.2 Å². The van der Waals surface area contributed by atoms with Gasteiger partial charge in [0.1, 0.15) is 5.75 Å². The minimum Gasteiger partial charge on any atom is -0.483 e. The molecule has 2 rings (SSSR count). The maximum Gasteiger partial charge on any atom is 0.308 e. The summed E-state index contributed by atoms with van der Waals surface area (Å²) in [6.07, 6.45) is 2.15. The predicted molar refractivity (Wildman–Crippen MR) is 76.5 cm³/mol. The molecule has 1 aliphatic carbocycles. The average Bonchev–Trinajstić information content (AvgIpc) is 2.86. The van der Waals surface area contributed by atoms with Crippen molar-refractivity contribution in [2.24, 2.45) is 5.92 Å². The molecule has 0 bridgehead atoms. The molecule has 0 saturated heterocycles. The SMILES string of the molecule is O=C(COc1ccccc1Br)N[C@H]1CCC[C@H]1C(=O)O. The van der Waals surface area contributed by atoms with Gasteiger partial charge in [0.25, 0.3) is 5.91 Å². The van der Waals surface area contributed by atoms with Crippen LogP contribution < -0.4 is 10.1 Å². The minimum atomic E-state index is -0.848. The predicted octanol–water partition coefficient (Wildman–Crippen LogP) is 2.20. The summed E-state index contributed by atoms with van der Waals surface area (Å²) >= 11 is 3.33. The Bertz CT molecular complexity index is 506. The zero-order valence-corrected chi connectivity index (χ0v) is 12.4. The van der Waals surface area contributed by atoms with Crippen LogP contribution in [0.1, 0.15) is 19.3 Å². The molecule has 6 heteroatoms. The summed E-state index contributed by atoms with van der Waals surface area (Å²) < 4.78 is 6.17. The van der Waals surface area contributed by atoms with Crippen molar-refractivity contribution in [3.63, 3.8) is 0 Å². The van der Waals surface area contributed by atoms with Crippen molar-refractivity contribution < 1.29 is 19.4 Å². The smallest absolute Gasteiger partial charge is 0.308 e. The number of hydrogen-bond acceptors (Lipinski definition) is 3. The molecule has 1 aliphatic rings. The highest BCUT2D eigenvalue weighted by atomic mass is 79.9. The van der Waals surface area contributed by atoms with Crippen LogP contribution in [0.2, 0.25) is 0 Å². The van der Waals surface area contributed by atoms with E-state index in [1.54, 1.807) is 6.07 Å². The molecule has 0 aromatic heterocycles. The molecule has 1 aromatic rings. The summed E-state index contributed by atoms with van der Waals surface area (Å²) in [5.74, 6) is -1.04. The normalized spacial score (nSPS) is 21.4. The summed E-state index contributed by atoms with van der Waals surface area (Å²) in [7, 11) is 0. The van der Waals surface area contributed by atoms with Crippen molar-refractivity contribution in [3.05, 3.63) is 28.7 Å². The molecule has 0 unspecified atom stereocenters. The molecule has 20 heavy (non-hydrogen) atoms. The maximum absolute atomic E-state index is 11.8. The topological polar surface area (TPSA) is 75.6 Å². The van der Waals surface area contributed by atoms with E-state index >= 15 is 0 Å². The van der Waals surface area contributed by atoms with Crippen LogP contribution in [0.5, 0.6) is 5.75 Å². The lowest BCUT2D eigenvalue weighted by Gasteiger charge is -2.17. The number of benzene rings is 1. The van der Waals surface area contributed by atoms with Gasteiger partial charge in [0, 0.05) is 6.04 Å². The number of carbonyl (C=O) groups is 2. The number of carboxylic acid groups (broad SMARTS) is 1. The standard InChI is InChI=1S/C14H16BrNO4/c15-10-5-1-2-7-12(10)20-8-13(17)16-11-6-3-4-9(11)14(18)19/h1-2,5,7,9,11H,3-4,6,8H2,(H,16,17)(H,18,19)/t9-,11+/m1/s1. The van der Waals surface area contributed by atoms with Gasteiger partial charge in [0.05, 0.1) is 10.4 Å². The third-order valence-corrected chi connectivity index (χ3v) is 4.03. The maximum atomic E-state index is 11.8. The number of carbonyl (C=O) groups excluding carboxylic acids is 1. The summed E-state index contributed by atoms with van der Waals surface area (Å²) in [5, 5.41) is 11.8. The molecular weight excluding hydrogens is 326 g/mol. The van der Waals surface area contributed by atoms with Crippen LogP contribution in [0.3, 0.4) is 0 Å². The number of nitrogens with one attached hydrogen (secondary N) is 1. The number of carboxylic acids is 1. The zero-order valence-electron chi connectivity index (χ0n) is 10.8. The van der Waals surface area contributed by atoms with Crippen molar-refractivity contribution in [1.82, 2.24) is 5.32 Å². The molecule has 1 fully saturated rings. The van der Waals surface area contributed by atoms with Gasteiger partial charge in [0.2, 0.25) is 0 Å². The third kappa shape index (κ3) is 3.72. The van der Waals surface area contributed by atoms with Crippen molar-refractivity contribution in [2.45, 2.75) is 25.3 Å². The van der Waals surface area contributed by atoms with Gasteiger partial charge in [-0.25, -0.2) is 0 Å². The first-order chi connectivity index (χ1) is 9.58. The summed E-state index contributed by atoms with van der Waals surface area (Å²) in [4.78, 5) is 22.8. The molecule has 1 amide bonds. The number of amides is 1. The first-order valence-electron chi connectivity index (χ1n) is 6.47. The van der Waals surface area contributed by atoms with Crippen LogP contribution in [0, 0.1) is 5.92 Å². The van der Waals surface area contributed by atoms with E-state index in [9.17, 15) is 9.59 Å². The lowest BCUT2D eigenvalue weighted by atomic mass is 10.0. The summed E-state index contributed by atoms with van der Waals surface area (Å²) in [5.41, 5.74) is 0. The number of rotatable bonds is 5. The zero-order chi connectivity index (χ0) is 14.5. The summed E-state index contributed by atoms with van der Waals surface area (Å²) in [6.45, 7) is -0.120. The molecule has 0 radical (unpaired) electrons. The van der Waals surface area contributed by atoms with Crippen LogP contribution in [-0.2, 0) is 9.59 Å². The quantitative estimate of drug-likeness (QED) is 0.860. The Morgan fingerprint density at radius 3 is 2.80 bits per heavy atom. The van der Waals surface area contributed by atoms with E-state index in [0.29, 0.717) is 18.6 Å². The average molecular weight is 342 g/mol. The number of aliphatic carboxylic acids is 1. The monoisotopic (exact) mass is 341 g/mol. The fourth-order valence-corrected chi connectivity index (χ4v) is 2.78. The fourth-order valence-electron chi connectivity index (χ4n) is 2.38. The lowest BCUT2D eigenvalue weighted by molar-refractivity contribution is -0.142. The Balaban J connectivity index is 1.84. The molecule has 0 heterocycles. The highest BCUT2D eigenvalue weighted by Gasteiger charge is 2.33. The van der Waals surface area contributed by atoms with Crippen LogP contribution in [0.25, 0.3) is 0 Å². The highest BCUT2D eigenvalue weighted by Crippen LogP contribution is 2.26. The van der Waals surface area contributed by atoms with Crippen molar-refractivity contribution in [3.8, 4) is 5.75 Å². The lowest BCUT2D eigenvalue weighted by Crippen LogP contribution is -2.42. The van der Waals surface area contributed by atoms with Gasteiger partial charge in [-0.3, -0.25) is 9.59 Å². The first kappa shape index (κ1) is 14.8. The first-order valence-corrected chi connectivity index (χ1v) is 7.26. The number of halogens is 1. The molecule has 1 saturated carbocycles. The molecule has 0 aliphatic heterocycles. The molecule has 5 nitrogen and oxygen atoms in total. The number of hydrogen-bond donors (Lipinski definition) is 2. The van der Waals surface area contributed by atoms with Gasteiger partial charge in [-0.05, 0) is 40.9 Å². The van der Waals surface area contributed by atoms with Crippen molar-refractivity contribution >= 4 is 27.8 Å². The van der Waals surface area contributed by atoms with E-state index in [4.69, 9.17) is 9.84 Å². The van der Waals surface area contributed by atoms with E-state index in [-0.39, 0.29) is 18.6 Å². The third-order valence-electron chi connectivity index (χ3n) is 3.37. The van der Waals surface area contributed by atoms with E-state index in [1.807, 2.05) is 18.2 Å². The van der Waals surface area contributed by atoms with Crippen LogP contribution >= 0.6 is 15.9 Å². The van der Waals surface area contributed by atoms with E-state index in [1.165, 1.54) is 0 Å². The van der Waals surface area contributed by atoms with Crippen LogP contribution in [-0.4, -0.2) is 29.6 Å². The second-order valence-corrected chi connectivity index (χ2v) is 5.62. The van der Waals surface area contributed by atoms with E-state index < -0.39 is 11.9 Å². The van der Waals surface area contributed by atoms with Gasteiger partial charge in [-0.2, -0.15) is 0 Å². The Hall–Kier alpha value is -1.56. The van der Waals surface area contributed by atoms with Crippen molar-refractivity contribution in [1.29, 1.82) is 0 Å². The molecule has 108 valence electrons. The Morgan fingerprint density at radius 1 is 1.35 bits per heavy atom. The molecule has 2 atom stereocenters. The Labute approximate surface area is 125 Å². The van der Waals surface area contributed by atoms with Crippen LogP contribution in [0.15, 0.2) is 28.7 Å². The van der Waals surface area contributed by atoms with Gasteiger partial charge in [0.15, 0.2) is 6.61 Å². The van der Waals surface area contributed by atoms with E-state index in [0.717, 1.165) is 10.9 Å². The van der Waals surface area contributed by atoms with E-state index in [2.05, 4.69) is 21.2 Å². The largest absolute Gasteiger partial charge is 0.483 e. The van der Waals surface area contributed by atoms with Crippen molar-refractivity contribution in [2.75, 3.05) is 6.61 Å². The minimum absolute atomic E-state index is 0.120. The second kappa shape index (κ2) is 6.74. The molecule has 0 spiro atoms. The Morgan fingerprint density at radius 2 is 2.10 bits per heavy atom. The second-order valence-electron chi connectivity index (χ2n) is 4.77.